The fourth-order valence-corrected chi connectivity index (χ4v) is 4.58. The number of amides is 1. The first-order valence-corrected chi connectivity index (χ1v) is 10.8. The van der Waals surface area contributed by atoms with Crippen molar-refractivity contribution in [2.24, 2.45) is 0 Å². The first-order chi connectivity index (χ1) is 13.8. The minimum Gasteiger partial charge on any atom is -0.349 e. The molecular formula is C22H31N5O. The van der Waals surface area contributed by atoms with Crippen LogP contribution in [0.2, 0.25) is 0 Å². The van der Waals surface area contributed by atoms with Crippen LogP contribution in [0.15, 0.2) is 36.5 Å². The number of aromatic nitrogens is 3. The van der Waals surface area contributed by atoms with Crippen LogP contribution in [0.1, 0.15) is 73.0 Å². The summed E-state index contributed by atoms with van der Waals surface area (Å²) >= 11 is 0. The van der Waals surface area contributed by atoms with Crippen molar-refractivity contribution in [1.29, 1.82) is 0 Å². The van der Waals surface area contributed by atoms with E-state index in [2.05, 4.69) is 50.9 Å². The van der Waals surface area contributed by atoms with Crippen LogP contribution in [0.4, 0.5) is 0 Å². The van der Waals surface area contributed by atoms with Crippen LogP contribution in [0.3, 0.4) is 0 Å². The summed E-state index contributed by atoms with van der Waals surface area (Å²) < 4.78 is 1.89. The van der Waals surface area contributed by atoms with Crippen LogP contribution >= 0.6 is 0 Å². The molecule has 2 aliphatic rings. The molecule has 1 atom stereocenters. The number of nitrogens with zero attached hydrogens (tertiary/aromatic N) is 4. The third-order valence-electron chi connectivity index (χ3n) is 6.18. The van der Waals surface area contributed by atoms with E-state index in [1.165, 1.54) is 37.7 Å². The lowest BCUT2D eigenvalue weighted by molar-refractivity contribution is 0.0940. The van der Waals surface area contributed by atoms with Crippen molar-refractivity contribution < 1.29 is 4.79 Å². The molecule has 0 bridgehead atoms. The Kier molecular flexibility index (Phi) is 6.37. The van der Waals surface area contributed by atoms with E-state index in [1.54, 1.807) is 0 Å². The lowest BCUT2D eigenvalue weighted by Crippen LogP contribution is -2.40. The van der Waals surface area contributed by atoms with E-state index < -0.39 is 0 Å². The van der Waals surface area contributed by atoms with Crippen LogP contribution in [-0.2, 0) is 0 Å². The second kappa shape index (κ2) is 9.32. The Bertz CT molecular complexity index is 753. The molecule has 6 nitrogen and oxygen atoms in total. The van der Waals surface area contributed by atoms with Gasteiger partial charge in [-0.25, -0.2) is 4.68 Å². The summed E-state index contributed by atoms with van der Waals surface area (Å²) in [7, 11) is 0. The van der Waals surface area contributed by atoms with E-state index >= 15 is 0 Å². The second-order valence-corrected chi connectivity index (χ2v) is 8.18. The summed E-state index contributed by atoms with van der Waals surface area (Å²) in [6.07, 6.45) is 10.3. The Morgan fingerprint density at radius 2 is 1.89 bits per heavy atom. The molecule has 1 aliphatic carbocycles. The Morgan fingerprint density at radius 3 is 2.71 bits per heavy atom. The molecule has 1 saturated heterocycles. The van der Waals surface area contributed by atoms with Crippen LogP contribution < -0.4 is 5.32 Å². The van der Waals surface area contributed by atoms with E-state index in [9.17, 15) is 4.79 Å². The monoisotopic (exact) mass is 381 g/mol. The van der Waals surface area contributed by atoms with Gasteiger partial charge in [-0.1, -0.05) is 54.8 Å². The molecule has 1 amide bonds. The molecule has 1 aliphatic heterocycles. The zero-order valence-corrected chi connectivity index (χ0v) is 16.6. The standard InChI is InChI=1S/C22H31N5O/c28-22(21-17-27(25-24-21)20-11-5-2-6-12-20)23-13-15-26-14-7-10-19(16-26)18-8-3-1-4-9-18/h1,3-4,8-9,17,19-20H,2,5-7,10-16H2,(H,23,28). The molecule has 4 rings (SSSR count). The smallest absolute Gasteiger partial charge is 0.273 e. The number of nitrogens with one attached hydrogen (secondary N) is 1. The molecule has 1 N–H and O–H groups in total. The Labute approximate surface area is 167 Å². The minimum absolute atomic E-state index is 0.112. The number of rotatable bonds is 6. The molecule has 6 heteroatoms. The van der Waals surface area contributed by atoms with E-state index in [0.717, 1.165) is 32.5 Å². The molecule has 1 saturated carbocycles. The highest BCUT2D eigenvalue weighted by molar-refractivity contribution is 5.91. The van der Waals surface area contributed by atoms with Gasteiger partial charge in [0.2, 0.25) is 0 Å². The first-order valence-electron chi connectivity index (χ1n) is 10.8. The number of benzene rings is 1. The molecule has 2 aromatic rings. The lowest BCUT2D eigenvalue weighted by Gasteiger charge is -2.33. The molecule has 150 valence electrons. The van der Waals surface area contributed by atoms with Gasteiger partial charge in [-0.05, 0) is 43.7 Å². The normalized spacial score (nSPS) is 21.5. The fraction of sp³-hybridized carbons (Fsp3) is 0.591. The van der Waals surface area contributed by atoms with Crippen molar-refractivity contribution >= 4 is 5.91 Å². The summed E-state index contributed by atoms with van der Waals surface area (Å²) in [5, 5.41) is 11.3. The molecule has 2 fully saturated rings. The number of hydrogen-bond donors (Lipinski definition) is 1. The van der Waals surface area contributed by atoms with Gasteiger partial charge in [-0.3, -0.25) is 4.79 Å². The van der Waals surface area contributed by atoms with Gasteiger partial charge >= 0.3 is 0 Å². The molecule has 28 heavy (non-hydrogen) atoms. The Balaban J connectivity index is 1.23. The second-order valence-electron chi connectivity index (χ2n) is 8.18. The van der Waals surface area contributed by atoms with Gasteiger partial charge in [-0.2, -0.15) is 0 Å². The van der Waals surface area contributed by atoms with E-state index in [0.29, 0.717) is 24.2 Å². The number of likely N-dealkylation sites (tertiary alicyclic amines) is 1. The highest BCUT2D eigenvalue weighted by Gasteiger charge is 2.22. The van der Waals surface area contributed by atoms with Gasteiger partial charge in [-0.15, -0.1) is 5.10 Å². The number of carbonyl (C=O) groups excluding carboxylic acids is 1. The summed E-state index contributed by atoms with van der Waals surface area (Å²) in [5.74, 6) is 0.486. The Morgan fingerprint density at radius 1 is 1.07 bits per heavy atom. The van der Waals surface area contributed by atoms with Crippen molar-refractivity contribution in [3.8, 4) is 0 Å². The Hall–Kier alpha value is -2.21. The zero-order valence-electron chi connectivity index (χ0n) is 16.6. The van der Waals surface area contributed by atoms with E-state index in [1.807, 2.05) is 10.9 Å². The largest absolute Gasteiger partial charge is 0.349 e. The highest BCUT2D eigenvalue weighted by Crippen LogP contribution is 2.27. The molecule has 1 aromatic carbocycles. The third kappa shape index (κ3) is 4.79. The topological polar surface area (TPSA) is 63.1 Å². The average Bonchev–Trinajstić information content (AvgIpc) is 3.26. The molecule has 0 spiro atoms. The van der Waals surface area contributed by atoms with Gasteiger partial charge < -0.3 is 10.2 Å². The average molecular weight is 382 g/mol. The predicted molar refractivity (Wildman–Crippen MR) is 109 cm³/mol. The number of carbonyl (C=O) groups is 1. The van der Waals surface area contributed by atoms with Gasteiger partial charge in [0.1, 0.15) is 0 Å². The van der Waals surface area contributed by atoms with Crippen LogP contribution in [0.5, 0.6) is 0 Å². The number of piperidine rings is 1. The van der Waals surface area contributed by atoms with Crippen molar-refractivity contribution in [1.82, 2.24) is 25.2 Å². The molecule has 1 aromatic heterocycles. The molecule has 1 unspecified atom stereocenters. The number of hydrogen-bond acceptors (Lipinski definition) is 4. The van der Waals surface area contributed by atoms with Gasteiger partial charge in [0.05, 0.1) is 12.2 Å². The predicted octanol–water partition coefficient (Wildman–Crippen LogP) is 3.39. The summed E-state index contributed by atoms with van der Waals surface area (Å²) in [5.41, 5.74) is 1.86. The minimum atomic E-state index is -0.112. The fourth-order valence-electron chi connectivity index (χ4n) is 4.58. The first kappa shape index (κ1) is 19.1. The lowest BCUT2D eigenvalue weighted by atomic mass is 9.91. The van der Waals surface area contributed by atoms with E-state index in [-0.39, 0.29) is 5.91 Å². The van der Waals surface area contributed by atoms with Crippen LogP contribution in [0.25, 0.3) is 0 Å². The maximum atomic E-state index is 12.4. The highest BCUT2D eigenvalue weighted by atomic mass is 16.2. The third-order valence-corrected chi connectivity index (χ3v) is 6.18. The summed E-state index contributed by atoms with van der Waals surface area (Å²) in [4.78, 5) is 14.9. The maximum Gasteiger partial charge on any atom is 0.273 e. The van der Waals surface area contributed by atoms with Crippen molar-refractivity contribution in [3.05, 3.63) is 47.8 Å². The van der Waals surface area contributed by atoms with Crippen molar-refractivity contribution in [2.75, 3.05) is 26.2 Å². The SMILES string of the molecule is O=C(NCCN1CCCC(c2ccccc2)C1)c1cn(C2CCCCC2)nn1. The van der Waals surface area contributed by atoms with Gasteiger partial charge in [0, 0.05) is 19.6 Å². The quantitative estimate of drug-likeness (QED) is 0.833. The summed E-state index contributed by atoms with van der Waals surface area (Å²) in [6.45, 7) is 3.71. The van der Waals surface area contributed by atoms with Crippen LogP contribution in [-0.4, -0.2) is 52.0 Å². The zero-order chi connectivity index (χ0) is 19.2. The molecule has 0 radical (unpaired) electrons. The van der Waals surface area contributed by atoms with Crippen LogP contribution in [0, 0.1) is 0 Å². The van der Waals surface area contributed by atoms with Gasteiger partial charge in [0.15, 0.2) is 5.69 Å². The van der Waals surface area contributed by atoms with Crippen molar-refractivity contribution in [3.63, 3.8) is 0 Å². The van der Waals surface area contributed by atoms with Gasteiger partial charge in [0.25, 0.3) is 5.91 Å². The van der Waals surface area contributed by atoms with E-state index in [4.69, 9.17) is 0 Å². The van der Waals surface area contributed by atoms with Crippen molar-refractivity contribution in [2.45, 2.75) is 56.9 Å². The molecule has 2 heterocycles. The maximum absolute atomic E-state index is 12.4. The molecular weight excluding hydrogens is 350 g/mol. The summed E-state index contributed by atoms with van der Waals surface area (Å²) in [6, 6.07) is 11.2.